The lowest BCUT2D eigenvalue weighted by Crippen LogP contribution is -2.37. The molecule has 0 radical (unpaired) electrons. The lowest BCUT2D eigenvalue weighted by atomic mass is 10.1. The normalized spacial score (nSPS) is 30.8. The van der Waals surface area contributed by atoms with Gasteiger partial charge in [0.25, 0.3) is 0 Å². The minimum absolute atomic E-state index is 0.109. The highest BCUT2D eigenvalue weighted by Crippen LogP contribution is 2.31. The van der Waals surface area contributed by atoms with Gasteiger partial charge in [-0.15, -0.1) is 0 Å². The molecule has 0 aliphatic heterocycles. The molecule has 0 spiro atoms. The fourth-order valence-corrected chi connectivity index (χ4v) is 4.90. The van der Waals surface area contributed by atoms with E-state index in [0.717, 1.165) is 32.2 Å². The van der Waals surface area contributed by atoms with Crippen LogP contribution in [0.5, 0.6) is 0 Å². The molecule has 96 valence electrons. The summed E-state index contributed by atoms with van der Waals surface area (Å²) in [4.78, 5) is 0. The Morgan fingerprint density at radius 1 is 1.19 bits per heavy atom. The van der Waals surface area contributed by atoms with Crippen molar-refractivity contribution in [3.8, 4) is 0 Å². The molecule has 0 aromatic rings. The third-order valence-corrected chi connectivity index (χ3v) is 6.15. The Morgan fingerprint density at radius 3 is 2.44 bits per heavy atom. The molecule has 4 heteroatoms. The molecule has 1 N–H and O–H groups in total. The van der Waals surface area contributed by atoms with Crippen LogP contribution < -0.4 is 5.32 Å². The van der Waals surface area contributed by atoms with E-state index in [-0.39, 0.29) is 11.2 Å². The highest BCUT2D eigenvalue weighted by molar-refractivity contribution is 7.92. The molecule has 16 heavy (non-hydrogen) atoms. The van der Waals surface area contributed by atoms with Gasteiger partial charge in [0.1, 0.15) is 0 Å². The van der Waals surface area contributed by atoms with Crippen molar-refractivity contribution in [1.29, 1.82) is 0 Å². The minimum atomic E-state index is -2.86. The third-order valence-electron chi connectivity index (χ3n) is 3.59. The van der Waals surface area contributed by atoms with Crippen LogP contribution in [0.15, 0.2) is 0 Å². The predicted molar refractivity (Wildman–Crippen MR) is 68.3 cm³/mol. The summed E-state index contributed by atoms with van der Waals surface area (Å²) in [5.41, 5.74) is 0. The van der Waals surface area contributed by atoms with Gasteiger partial charge in [-0.2, -0.15) is 0 Å². The lowest BCUT2D eigenvalue weighted by molar-refractivity contribution is 0.425. The van der Waals surface area contributed by atoms with Crippen LogP contribution in [0, 0.1) is 5.92 Å². The summed E-state index contributed by atoms with van der Waals surface area (Å²) >= 11 is 0. The van der Waals surface area contributed by atoms with E-state index >= 15 is 0 Å². The van der Waals surface area contributed by atoms with Gasteiger partial charge in [-0.3, -0.25) is 0 Å². The first-order chi connectivity index (χ1) is 7.53. The van der Waals surface area contributed by atoms with E-state index in [4.69, 9.17) is 0 Å². The van der Waals surface area contributed by atoms with E-state index < -0.39 is 9.84 Å². The van der Waals surface area contributed by atoms with Crippen molar-refractivity contribution in [3.05, 3.63) is 0 Å². The lowest BCUT2D eigenvalue weighted by Gasteiger charge is -2.21. The molecule has 0 aromatic carbocycles. The van der Waals surface area contributed by atoms with E-state index in [1.807, 2.05) is 6.92 Å². The maximum Gasteiger partial charge on any atom is 0.153 e. The van der Waals surface area contributed by atoms with Gasteiger partial charge in [-0.25, -0.2) is 8.42 Å². The second kappa shape index (κ2) is 6.01. The van der Waals surface area contributed by atoms with Gasteiger partial charge in [0, 0.05) is 6.04 Å². The number of sulfone groups is 1. The Balaban J connectivity index is 2.59. The quantitative estimate of drug-likeness (QED) is 0.780. The van der Waals surface area contributed by atoms with Crippen molar-refractivity contribution in [2.75, 3.05) is 12.3 Å². The third kappa shape index (κ3) is 3.20. The zero-order valence-corrected chi connectivity index (χ0v) is 11.5. The molecule has 3 nitrogen and oxygen atoms in total. The van der Waals surface area contributed by atoms with Gasteiger partial charge in [0.05, 0.1) is 11.0 Å². The summed E-state index contributed by atoms with van der Waals surface area (Å²) in [5, 5.41) is 3.35. The molecule has 1 aliphatic carbocycles. The average Bonchev–Trinajstić information content (AvgIpc) is 2.57. The van der Waals surface area contributed by atoms with Crippen LogP contribution in [0.25, 0.3) is 0 Å². The molecule has 0 aromatic heterocycles. The van der Waals surface area contributed by atoms with Crippen molar-refractivity contribution in [2.45, 2.75) is 57.7 Å². The summed E-state index contributed by atoms with van der Waals surface area (Å²) in [6, 6.07) is 0.400. The van der Waals surface area contributed by atoms with Gasteiger partial charge in [-0.1, -0.05) is 20.8 Å². The van der Waals surface area contributed by atoms with Crippen LogP contribution >= 0.6 is 0 Å². The summed E-state index contributed by atoms with van der Waals surface area (Å²) < 4.78 is 24.1. The fourth-order valence-electron chi connectivity index (χ4n) is 2.69. The second-order valence-electron chi connectivity index (χ2n) is 4.90. The SMILES string of the molecule is CCCNC1CCC(S(=O)(=O)CCC)C1C. The van der Waals surface area contributed by atoms with Gasteiger partial charge < -0.3 is 5.32 Å². The van der Waals surface area contributed by atoms with E-state index in [1.54, 1.807) is 0 Å². The first kappa shape index (κ1) is 14.0. The zero-order valence-electron chi connectivity index (χ0n) is 10.7. The molecular formula is C12H25NO2S. The highest BCUT2D eigenvalue weighted by atomic mass is 32.2. The van der Waals surface area contributed by atoms with E-state index in [2.05, 4.69) is 19.2 Å². The first-order valence-electron chi connectivity index (χ1n) is 6.47. The van der Waals surface area contributed by atoms with Gasteiger partial charge in [0.2, 0.25) is 0 Å². The van der Waals surface area contributed by atoms with Crippen LogP contribution in [0.4, 0.5) is 0 Å². The van der Waals surface area contributed by atoms with E-state index in [0.29, 0.717) is 11.8 Å². The smallest absolute Gasteiger partial charge is 0.153 e. The van der Waals surface area contributed by atoms with Crippen LogP contribution in [-0.4, -0.2) is 32.0 Å². The van der Waals surface area contributed by atoms with Crippen LogP contribution in [0.2, 0.25) is 0 Å². The molecule has 0 amide bonds. The fraction of sp³-hybridized carbons (Fsp3) is 1.00. The Bertz CT molecular complexity index is 300. The van der Waals surface area contributed by atoms with E-state index in [1.165, 1.54) is 0 Å². The van der Waals surface area contributed by atoms with Crippen molar-refractivity contribution in [3.63, 3.8) is 0 Å². The zero-order chi connectivity index (χ0) is 12.2. The Hall–Kier alpha value is -0.0900. The average molecular weight is 247 g/mol. The molecule has 0 saturated heterocycles. The number of nitrogens with one attached hydrogen (secondary N) is 1. The maximum atomic E-state index is 12.0. The molecule has 3 atom stereocenters. The predicted octanol–water partition coefficient (Wildman–Crippen LogP) is 1.98. The summed E-state index contributed by atoms with van der Waals surface area (Å²) in [7, 11) is -2.86. The monoisotopic (exact) mass is 247 g/mol. The highest BCUT2D eigenvalue weighted by Gasteiger charge is 2.39. The number of rotatable bonds is 6. The second-order valence-corrected chi connectivity index (χ2v) is 7.24. The van der Waals surface area contributed by atoms with Crippen LogP contribution in [0.3, 0.4) is 0 Å². The molecule has 1 saturated carbocycles. The van der Waals surface area contributed by atoms with Crippen LogP contribution in [-0.2, 0) is 9.84 Å². The van der Waals surface area contributed by atoms with Crippen molar-refractivity contribution < 1.29 is 8.42 Å². The number of hydrogen-bond donors (Lipinski definition) is 1. The largest absolute Gasteiger partial charge is 0.314 e. The minimum Gasteiger partial charge on any atom is -0.314 e. The molecule has 1 rings (SSSR count). The molecule has 0 heterocycles. The topological polar surface area (TPSA) is 46.2 Å². The van der Waals surface area contributed by atoms with Crippen molar-refractivity contribution >= 4 is 9.84 Å². The van der Waals surface area contributed by atoms with E-state index in [9.17, 15) is 8.42 Å². The Labute approximate surface area is 99.9 Å². The van der Waals surface area contributed by atoms with Crippen LogP contribution in [0.1, 0.15) is 46.5 Å². The van der Waals surface area contributed by atoms with Gasteiger partial charge in [-0.05, 0) is 38.1 Å². The van der Waals surface area contributed by atoms with Gasteiger partial charge in [0.15, 0.2) is 9.84 Å². The number of hydrogen-bond acceptors (Lipinski definition) is 3. The first-order valence-corrected chi connectivity index (χ1v) is 8.19. The van der Waals surface area contributed by atoms with Crippen molar-refractivity contribution in [2.24, 2.45) is 5.92 Å². The van der Waals surface area contributed by atoms with Gasteiger partial charge >= 0.3 is 0 Å². The molecule has 0 bridgehead atoms. The Kier molecular flexibility index (Phi) is 5.25. The summed E-state index contributed by atoms with van der Waals surface area (Å²) in [6.07, 6.45) is 3.69. The molecule has 1 fully saturated rings. The summed E-state index contributed by atoms with van der Waals surface area (Å²) in [6.45, 7) is 7.15. The van der Waals surface area contributed by atoms with Crippen molar-refractivity contribution in [1.82, 2.24) is 5.32 Å². The molecule has 1 aliphatic rings. The standard InChI is InChI=1S/C12H25NO2S/c1-4-8-13-11-6-7-12(10(11)3)16(14,15)9-5-2/h10-13H,4-9H2,1-3H3. The summed E-state index contributed by atoms with van der Waals surface area (Å²) in [5.74, 6) is 0.616. The molecule has 3 unspecified atom stereocenters. The molecular weight excluding hydrogens is 222 g/mol. The maximum absolute atomic E-state index is 12.0. The Morgan fingerprint density at radius 2 is 1.88 bits per heavy atom.